The van der Waals surface area contributed by atoms with E-state index in [9.17, 15) is 4.79 Å². The van der Waals surface area contributed by atoms with Gasteiger partial charge in [0.25, 0.3) is 5.91 Å². The molecule has 2 aromatic carbocycles. The van der Waals surface area contributed by atoms with Gasteiger partial charge >= 0.3 is 0 Å². The largest absolute Gasteiger partial charge is 0.485 e. The maximum absolute atomic E-state index is 12.9. The highest BCUT2D eigenvalue weighted by Crippen LogP contribution is 2.32. The van der Waals surface area contributed by atoms with Crippen LogP contribution in [-0.2, 0) is 4.79 Å². The van der Waals surface area contributed by atoms with Crippen LogP contribution in [0.2, 0.25) is 0 Å². The molecule has 0 unspecified atom stereocenters. The second-order valence-corrected chi connectivity index (χ2v) is 6.95. The normalized spacial score (nSPS) is 20.8. The fourth-order valence-corrected chi connectivity index (χ4v) is 3.76. The highest BCUT2D eigenvalue weighted by Gasteiger charge is 2.35. The second-order valence-electron chi connectivity index (χ2n) is 5.88. The first-order valence-corrected chi connectivity index (χ1v) is 9.18. The zero-order valence-electron chi connectivity index (χ0n) is 13.8. The summed E-state index contributed by atoms with van der Waals surface area (Å²) in [6.45, 7) is 2.87. The number of nitrogens with zero attached hydrogens (tertiary/aromatic N) is 2. The Balaban J connectivity index is 1.55. The maximum atomic E-state index is 12.9. The highest BCUT2D eigenvalue weighted by molar-refractivity contribution is 8.14. The molecule has 2 aliphatic rings. The van der Waals surface area contributed by atoms with E-state index >= 15 is 0 Å². The number of hydrogen-bond acceptors (Lipinski definition) is 5. The van der Waals surface area contributed by atoms with E-state index in [1.165, 1.54) is 0 Å². The van der Waals surface area contributed by atoms with Gasteiger partial charge < -0.3 is 9.47 Å². The van der Waals surface area contributed by atoms with Crippen molar-refractivity contribution in [3.8, 4) is 11.5 Å². The van der Waals surface area contributed by atoms with E-state index in [1.807, 2.05) is 55.5 Å². The summed E-state index contributed by atoms with van der Waals surface area (Å²) in [5, 5.41) is 0.724. The number of carbonyl (C=O) groups is 1. The molecule has 0 aromatic heterocycles. The van der Waals surface area contributed by atoms with E-state index in [4.69, 9.17) is 9.47 Å². The molecule has 0 aliphatic carbocycles. The third-order valence-corrected chi connectivity index (χ3v) is 5.12. The number of hydrogen-bond donors (Lipinski definition) is 0. The number of aryl methyl sites for hydroxylation is 1. The summed E-state index contributed by atoms with van der Waals surface area (Å²) >= 11 is 1.59. The van der Waals surface area contributed by atoms with Gasteiger partial charge in [-0.3, -0.25) is 9.69 Å². The summed E-state index contributed by atoms with van der Waals surface area (Å²) in [6, 6.07) is 15.3. The lowest BCUT2D eigenvalue weighted by molar-refractivity contribution is -0.136. The van der Waals surface area contributed by atoms with Crippen molar-refractivity contribution in [1.29, 1.82) is 0 Å². The summed E-state index contributed by atoms with van der Waals surface area (Å²) in [7, 11) is 0. The Morgan fingerprint density at radius 2 is 1.92 bits per heavy atom. The van der Waals surface area contributed by atoms with E-state index in [-0.39, 0.29) is 12.5 Å². The van der Waals surface area contributed by atoms with E-state index in [0.29, 0.717) is 18.0 Å². The Morgan fingerprint density at radius 3 is 2.76 bits per heavy atom. The van der Waals surface area contributed by atoms with Gasteiger partial charge in [-0.15, -0.1) is 0 Å². The molecule has 0 spiro atoms. The molecule has 0 saturated carbocycles. The second kappa shape index (κ2) is 6.80. The van der Waals surface area contributed by atoms with Gasteiger partial charge in [0.1, 0.15) is 6.61 Å². The van der Waals surface area contributed by atoms with Gasteiger partial charge in [-0.1, -0.05) is 42.1 Å². The Labute approximate surface area is 150 Å². The standard InChI is InChI=1S/C19H18N2O3S/c1-13-6-2-3-7-14(13)20-19-21(10-11-25-19)18(22)17-12-23-15-8-4-5-9-16(15)24-17/h2-9,17H,10-12H2,1H3/t17-/m1/s1. The smallest absolute Gasteiger partial charge is 0.273 e. The molecule has 0 N–H and O–H groups in total. The monoisotopic (exact) mass is 354 g/mol. The number of thioether (sulfide) groups is 1. The van der Waals surface area contributed by atoms with Crippen molar-refractivity contribution in [3.05, 3.63) is 54.1 Å². The van der Waals surface area contributed by atoms with Crippen molar-refractivity contribution >= 4 is 28.5 Å². The molecule has 0 bridgehead atoms. The number of amidine groups is 1. The Bertz CT molecular complexity index is 837. The van der Waals surface area contributed by atoms with E-state index in [0.717, 1.165) is 22.2 Å². The molecule has 6 heteroatoms. The number of benzene rings is 2. The molecule has 4 rings (SSSR count). The van der Waals surface area contributed by atoms with Crippen LogP contribution in [0.25, 0.3) is 0 Å². The first kappa shape index (κ1) is 16.0. The van der Waals surface area contributed by atoms with Crippen LogP contribution in [0.4, 0.5) is 5.69 Å². The number of carbonyl (C=O) groups excluding carboxylic acids is 1. The van der Waals surface area contributed by atoms with Gasteiger partial charge in [-0.05, 0) is 30.7 Å². The SMILES string of the molecule is Cc1ccccc1N=C1SCCN1C(=O)[C@H]1COc2ccccc2O1. The Hall–Kier alpha value is -2.47. The van der Waals surface area contributed by atoms with Gasteiger partial charge in [-0.25, -0.2) is 4.99 Å². The van der Waals surface area contributed by atoms with E-state index < -0.39 is 6.10 Å². The third kappa shape index (κ3) is 3.22. The van der Waals surface area contributed by atoms with Crippen molar-refractivity contribution < 1.29 is 14.3 Å². The van der Waals surface area contributed by atoms with Gasteiger partial charge in [0.05, 0.1) is 5.69 Å². The predicted octanol–water partition coefficient (Wildman–Crippen LogP) is 3.40. The average Bonchev–Trinajstić information content (AvgIpc) is 3.11. The molecule has 1 atom stereocenters. The summed E-state index contributed by atoms with van der Waals surface area (Å²) < 4.78 is 11.5. The molecule has 128 valence electrons. The van der Waals surface area contributed by atoms with E-state index in [2.05, 4.69) is 4.99 Å². The summed E-state index contributed by atoms with van der Waals surface area (Å²) in [5.41, 5.74) is 1.97. The fourth-order valence-electron chi connectivity index (χ4n) is 2.81. The van der Waals surface area contributed by atoms with Crippen molar-refractivity contribution in [2.24, 2.45) is 4.99 Å². The summed E-state index contributed by atoms with van der Waals surface area (Å²) in [4.78, 5) is 19.3. The molecule has 1 fully saturated rings. The zero-order valence-corrected chi connectivity index (χ0v) is 14.7. The minimum Gasteiger partial charge on any atom is -0.485 e. The van der Waals surface area contributed by atoms with Crippen LogP contribution >= 0.6 is 11.8 Å². The molecule has 2 aromatic rings. The number of para-hydroxylation sites is 3. The lowest BCUT2D eigenvalue weighted by atomic mass is 10.2. The van der Waals surface area contributed by atoms with Crippen LogP contribution in [0.1, 0.15) is 5.56 Å². The average molecular weight is 354 g/mol. The molecule has 5 nitrogen and oxygen atoms in total. The van der Waals surface area contributed by atoms with Crippen LogP contribution in [-0.4, -0.2) is 41.0 Å². The van der Waals surface area contributed by atoms with Gasteiger partial charge in [0, 0.05) is 12.3 Å². The van der Waals surface area contributed by atoms with Crippen LogP contribution in [0.15, 0.2) is 53.5 Å². The predicted molar refractivity (Wildman–Crippen MR) is 98.8 cm³/mol. The first-order chi connectivity index (χ1) is 12.2. The van der Waals surface area contributed by atoms with Crippen LogP contribution in [0.3, 0.4) is 0 Å². The minimum absolute atomic E-state index is 0.105. The van der Waals surface area contributed by atoms with E-state index in [1.54, 1.807) is 16.7 Å². The molecular formula is C19H18N2O3S. The lowest BCUT2D eigenvalue weighted by Gasteiger charge is -2.28. The van der Waals surface area contributed by atoms with Crippen LogP contribution < -0.4 is 9.47 Å². The van der Waals surface area contributed by atoms with Gasteiger partial charge in [0.2, 0.25) is 6.10 Å². The quantitative estimate of drug-likeness (QED) is 0.829. The molecule has 2 aliphatic heterocycles. The molecule has 1 amide bonds. The topological polar surface area (TPSA) is 51.1 Å². The molecule has 2 heterocycles. The highest BCUT2D eigenvalue weighted by atomic mass is 32.2. The zero-order chi connectivity index (χ0) is 17.2. The first-order valence-electron chi connectivity index (χ1n) is 8.19. The number of aliphatic imine (C=N–C) groups is 1. The van der Waals surface area contributed by atoms with Crippen molar-refractivity contribution in [3.63, 3.8) is 0 Å². The molecule has 1 saturated heterocycles. The van der Waals surface area contributed by atoms with Crippen LogP contribution in [0.5, 0.6) is 11.5 Å². The maximum Gasteiger partial charge on any atom is 0.273 e. The Morgan fingerprint density at radius 1 is 1.16 bits per heavy atom. The molecule has 25 heavy (non-hydrogen) atoms. The number of ether oxygens (including phenoxy) is 2. The van der Waals surface area contributed by atoms with Crippen molar-refractivity contribution in [2.75, 3.05) is 18.9 Å². The lowest BCUT2D eigenvalue weighted by Crippen LogP contribution is -2.46. The van der Waals surface area contributed by atoms with Gasteiger partial charge in [-0.2, -0.15) is 0 Å². The molecular weight excluding hydrogens is 336 g/mol. The van der Waals surface area contributed by atoms with Crippen molar-refractivity contribution in [1.82, 2.24) is 4.90 Å². The van der Waals surface area contributed by atoms with Gasteiger partial charge in [0.15, 0.2) is 16.7 Å². The fraction of sp³-hybridized carbons (Fsp3) is 0.263. The van der Waals surface area contributed by atoms with Crippen LogP contribution in [0, 0.1) is 6.92 Å². The Kier molecular flexibility index (Phi) is 4.36. The summed E-state index contributed by atoms with van der Waals surface area (Å²) in [6.07, 6.45) is -0.643. The summed E-state index contributed by atoms with van der Waals surface area (Å²) in [5.74, 6) is 2.01. The number of amides is 1. The third-order valence-electron chi connectivity index (χ3n) is 4.16. The number of fused-ring (bicyclic) bond motifs is 1. The van der Waals surface area contributed by atoms with Crippen molar-refractivity contribution in [2.45, 2.75) is 13.0 Å². The minimum atomic E-state index is -0.643. The number of rotatable bonds is 2. The molecule has 0 radical (unpaired) electrons.